The van der Waals surface area contributed by atoms with Crippen LogP contribution < -0.4 is 16.4 Å². The van der Waals surface area contributed by atoms with Gasteiger partial charge in [0.2, 0.25) is 0 Å². The molecule has 10 rings (SSSR count). The largest absolute Gasteiger partial charge is 0.476 e. The number of ketones is 1. The van der Waals surface area contributed by atoms with E-state index in [0.717, 1.165) is 84.1 Å². The molecule has 0 aromatic carbocycles. The number of aryl methyl sites for hydroxylation is 4. The van der Waals surface area contributed by atoms with Crippen LogP contribution in [0.4, 0.5) is 23.0 Å². The predicted octanol–water partition coefficient (Wildman–Crippen LogP) is 9.13. The fourth-order valence-electron chi connectivity index (χ4n) is 8.70. The molecule has 73 heavy (non-hydrogen) atoms. The summed E-state index contributed by atoms with van der Waals surface area (Å²) in [6.45, 7) is 11.9. The van der Waals surface area contributed by atoms with Gasteiger partial charge >= 0.3 is 5.97 Å². The molecule has 0 spiro atoms. The van der Waals surface area contributed by atoms with Crippen molar-refractivity contribution in [1.82, 2.24) is 69.5 Å². The first-order valence-corrected chi connectivity index (χ1v) is 24.7. The average molecular weight is 988 g/mol. The summed E-state index contributed by atoms with van der Waals surface area (Å²) < 4.78 is 6.77. The standard InChI is InChI=1S/C27H32N8O.C19H22N6.C7H11N3O2/c1-27(2,3)35-17-24(32-33-35)25(36)12-19-8-6-5-7-18-11-23(29-15-22(18)19)20-9-10-28-26(13-20)31-21-14-30-34(4)16-21;1-25-12-15(10-23-25)24-19-9-14(6-7-21-19)18-8-13-4-2-3-5-17(20)16(13)11-22-18;1-7(2,3)10-4-5(6(11)12)8-9-10/h9-11,13-17,19H,5-8,12H2,1-4H3,(H,28,31);6-12,17H,2-5,20H2,1H3,(H,21,24);4H,1-3H3,(H,11,12). The number of carboxylic acids is 1. The second-order valence-electron chi connectivity index (χ2n) is 20.6. The van der Waals surface area contributed by atoms with Crippen LogP contribution in [0, 0.1) is 0 Å². The normalized spacial score (nSPS) is 15.5. The van der Waals surface area contributed by atoms with Crippen LogP contribution in [0.3, 0.4) is 0 Å². The van der Waals surface area contributed by atoms with Gasteiger partial charge in [0.15, 0.2) is 11.5 Å². The van der Waals surface area contributed by atoms with E-state index >= 15 is 0 Å². The van der Waals surface area contributed by atoms with Crippen molar-refractivity contribution in [3.63, 3.8) is 0 Å². The highest BCUT2D eigenvalue weighted by atomic mass is 16.4. The van der Waals surface area contributed by atoms with Gasteiger partial charge in [-0.25, -0.2) is 24.1 Å². The SMILES string of the molecule is CC(C)(C)n1cc(C(=O)O)nn1.Cn1cc(Nc2cc(-c3cc4c(cn3)C(CC(=O)c3cn(C(C)(C)C)nn3)CCCC4)ccn2)cn1.Cn1cc(Nc2cc(-c3cc4c(cn3)C(N)CCCC4)ccn2)cn1. The monoisotopic (exact) mass is 988 g/mol. The number of nitrogens with zero attached hydrogens (tertiary/aromatic N) is 14. The minimum absolute atomic E-state index is 0.0232. The van der Waals surface area contributed by atoms with E-state index in [1.165, 1.54) is 46.0 Å². The van der Waals surface area contributed by atoms with Gasteiger partial charge < -0.3 is 21.5 Å². The minimum atomic E-state index is -1.05. The summed E-state index contributed by atoms with van der Waals surface area (Å²) in [6.07, 6.45) is 27.1. The Morgan fingerprint density at radius 3 is 1.62 bits per heavy atom. The molecule has 8 heterocycles. The van der Waals surface area contributed by atoms with Gasteiger partial charge in [-0.3, -0.25) is 24.1 Å². The third-order valence-electron chi connectivity index (χ3n) is 12.7. The average Bonchev–Trinajstić information content (AvgIpc) is 4.18. The van der Waals surface area contributed by atoms with Crippen molar-refractivity contribution in [2.45, 2.75) is 122 Å². The van der Waals surface area contributed by atoms with Crippen molar-refractivity contribution in [3.8, 4) is 22.5 Å². The van der Waals surface area contributed by atoms with E-state index in [2.05, 4.69) is 68.5 Å². The number of hydrogen-bond donors (Lipinski definition) is 4. The van der Waals surface area contributed by atoms with Crippen molar-refractivity contribution >= 4 is 34.8 Å². The Morgan fingerprint density at radius 2 is 1.14 bits per heavy atom. The van der Waals surface area contributed by atoms with Gasteiger partial charge in [-0.2, -0.15) is 10.2 Å². The Balaban J connectivity index is 0.000000165. The minimum Gasteiger partial charge on any atom is -0.476 e. The molecule has 2 atom stereocenters. The van der Waals surface area contributed by atoms with E-state index in [0.29, 0.717) is 12.1 Å². The van der Waals surface area contributed by atoms with Crippen LogP contribution in [0.15, 0.2) is 98.4 Å². The maximum atomic E-state index is 13.1. The zero-order valence-electron chi connectivity index (χ0n) is 42.9. The number of aromatic carboxylic acids is 1. The number of pyridine rings is 4. The van der Waals surface area contributed by atoms with Crippen molar-refractivity contribution in [2.75, 3.05) is 10.6 Å². The second kappa shape index (κ2) is 22.2. The zero-order chi connectivity index (χ0) is 51.9. The highest BCUT2D eigenvalue weighted by Gasteiger charge is 2.26. The van der Waals surface area contributed by atoms with Gasteiger partial charge in [0.1, 0.15) is 17.3 Å². The number of carboxylic acid groups (broad SMARTS) is 1. The van der Waals surface area contributed by atoms with Gasteiger partial charge in [0.05, 0.1) is 58.6 Å². The van der Waals surface area contributed by atoms with E-state index < -0.39 is 5.97 Å². The Labute approximate surface area is 424 Å². The molecule has 20 nitrogen and oxygen atoms in total. The molecule has 0 aliphatic heterocycles. The lowest BCUT2D eigenvalue weighted by molar-refractivity contribution is 0.0690. The van der Waals surface area contributed by atoms with Gasteiger partial charge in [-0.1, -0.05) is 23.3 Å². The van der Waals surface area contributed by atoms with E-state index in [1.807, 2.05) is 105 Å². The third-order valence-corrected chi connectivity index (χ3v) is 12.7. The molecule has 0 saturated heterocycles. The molecule has 0 radical (unpaired) electrons. The third kappa shape index (κ3) is 13.3. The van der Waals surface area contributed by atoms with Crippen LogP contribution in [-0.4, -0.2) is 86.3 Å². The summed E-state index contributed by atoms with van der Waals surface area (Å²) in [7, 11) is 3.77. The zero-order valence-corrected chi connectivity index (χ0v) is 42.9. The predicted molar refractivity (Wildman–Crippen MR) is 279 cm³/mol. The fourth-order valence-corrected chi connectivity index (χ4v) is 8.70. The molecule has 380 valence electrons. The molecular formula is C53H65N17O3. The summed E-state index contributed by atoms with van der Waals surface area (Å²) in [5.41, 5.74) is 16.9. The molecule has 0 saturated carbocycles. The van der Waals surface area contributed by atoms with Crippen LogP contribution in [0.25, 0.3) is 22.5 Å². The second-order valence-corrected chi connectivity index (χ2v) is 20.6. The number of rotatable bonds is 10. The number of Topliss-reactive ketones (excluding diaryl/α,β-unsaturated/α-hetero) is 1. The molecule has 5 N–H and O–H groups in total. The van der Waals surface area contributed by atoms with Crippen LogP contribution in [-0.2, 0) is 38.0 Å². The number of carbonyl (C=O) groups excluding carboxylic acids is 1. The first kappa shape index (κ1) is 51.4. The van der Waals surface area contributed by atoms with Crippen LogP contribution in [0.1, 0.15) is 142 Å². The van der Waals surface area contributed by atoms with Gasteiger partial charge in [0, 0.05) is 74.9 Å². The number of nitrogens with two attached hydrogens (primary N) is 1. The molecule has 8 aromatic heterocycles. The summed E-state index contributed by atoms with van der Waals surface area (Å²) in [5, 5.41) is 39.0. The topological polar surface area (TPSA) is 253 Å². The van der Waals surface area contributed by atoms with Crippen LogP contribution in [0.5, 0.6) is 0 Å². The first-order chi connectivity index (χ1) is 34.9. The first-order valence-electron chi connectivity index (χ1n) is 24.7. The molecule has 2 aliphatic carbocycles. The summed E-state index contributed by atoms with van der Waals surface area (Å²) in [5.74, 6) is 0.637. The Bertz CT molecular complexity index is 3170. The lowest BCUT2D eigenvalue weighted by atomic mass is 9.88. The molecule has 2 aliphatic rings. The van der Waals surface area contributed by atoms with Crippen molar-refractivity contribution in [1.29, 1.82) is 0 Å². The molecule has 0 amide bonds. The van der Waals surface area contributed by atoms with Crippen molar-refractivity contribution in [3.05, 3.63) is 132 Å². The molecule has 20 heteroatoms. The molecule has 8 aromatic rings. The number of aromatic nitrogens is 14. The molecule has 0 bridgehead atoms. The van der Waals surface area contributed by atoms with E-state index in [4.69, 9.17) is 15.8 Å². The Morgan fingerprint density at radius 1 is 0.644 bits per heavy atom. The van der Waals surface area contributed by atoms with Gasteiger partial charge in [0.25, 0.3) is 0 Å². The fraction of sp³-hybridized carbons (Fsp3) is 0.396. The number of fused-ring (bicyclic) bond motifs is 2. The van der Waals surface area contributed by atoms with Crippen LogP contribution >= 0.6 is 0 Å². The van der Waals surface area contributed by atoms with Gasteiger partial charge in [-0.05, 0) is 145 Å². The smallest absolute Gasteiger partial charge is 0.358 e. The molecule has 0 fully saturated rings. The van der Waals surface area contributed by atoms with Crippen molar-refractivity contribution < 1.29 is 14.7 Å². The maximum Gasteiger partial charge on any atom is 0.358 e. The lowest BCUT2D eigenvalue weighted by Crippen LogP contribution is -2.22. The number of nitrogens with one attached hydrogen (secondary N) is 2. The summed E-state index contributed by atoms with van der Waals surface area (Å²) in [4.78, 5) is 41.8. The summed E-state index contributed by atoms with van der Waals surface area (Å²) in [6, 6.07) is 12.4. The number of hydrogen-bond acceptors (Lipinski definition) is 15. The summed E-state index contributed by atoms with van der Waals surface area (Å²) >= 11 is 0. The van der Waals surface area contributed by atoms with Gasteiger partial charge in [-0.15, -0.1) is 10.2 Å². The Hall–Kier alpha value is -8.00. The highest BCUT2D eigenvalue weighted by Crippen LogP contribution is 2.36. The van der Waals surface area contributed by atoms with Crippen LogP contribution in [0.2, 0.25) is 0 Å². The quantitative estimate of drug-likeness (QED) is 0.0736. The lowest BCUT2D eigenvalue weighted by Gasteiger charge is -2.18. The van der Waals surface area contributed by atoms with E-state index in [1.54, 1.807) is 45.0 Å². The number of carbonyl (C=O) groups is 2. The van der Waals surface area contributed by atoms with Crippen molar-refractivity contribution in [2.24, 2.45) is 19.8 Å². The number of anilines is 4. The van der Waals surface area contributed by atoms with E-state index in [-0.39, 0.29) is 34.5 Å². The Kier molecular flexibility index (Phi) is 15.6. The van der Waals surface area contributed by atoms with E-state index in [9.17, 15) is 9.59 Å². The highest BCUT2D eigenvalue weighted by molar-refractivity contribution is 5.94. The molecular weight excluding hydrogens is 923 g/mol. The molecule has 2 unspecified atom stereocenters. The maximum absolute atomic E-state index is 13.1.